The number of hydrogen-bond acceptors (Lipinski definition) is 3. The van der Waals surface area contributed by atoms with Crippen LogP contribution in [-0.2, 0) is 0 Å². The van der Waals surface area contributed by atoms with Gasteiger partial charge < -0.3 is 14.8 Å². The van der Waals surface area contributed by atoms with E-state index in [4.69, 9.17) is 9.47 Å². The second-order valence-electron chi connectivity index (χ2n) is 4.46. The molecule has 0 bridgehead atoms. The molecular formula is C14H18ClNO2. The van der Waals surface area contributed by atoms with Crippen LogP contribution in [0.1, 0.15) is 18.4 Å². The smallest absolute Gasteiger partial charge is 0.161 e. The van der Waals surface area contributed by atoms with Crippen LogP contribution in [-0.4, -0.2) is 26.3 Å². The van der Waals surface area contributed by atoms with Crippen molar-refractivity contribution in [3.8, 4) is 11.5 Å². The average Bonchev–Trinajstić information content (AvgIpc) is 2.40. The molecule has 2 aliphatic rings. The SMILES string of the molecule is C(=C1CCNCC1)c1ccc2c(c1)OCCO2.Cl. The van der Waals surface area contributed by atoms with Gasteiger partial charge in [0.1, 0.15) is 13.2 Å². The third-order valence-corrected chi connectivity index (χ3v) is 3.18. The van der Waals surface area contributed by atoms with E-state index >= 15 is 0 Å². The van der Waals surface area contributed by atoms with E-state index in [-0.39, 0.29) is 12.4 Å². The summed E-state index contributed by atoms with van der Waals surface area (Å²) < 4.78 is 11.1. The molecule has 4 heteroatoms. The standard InChI is InChI=1S/C14H17NO2.ClH/c1-2-13-14(17-8-7-16-13)10-12(1)9-11-3-5-15-6-4-11;/h1-2,9-10,15H,3-8H2;1H. The number of halogens is 1. The van der Waals surface area contributed by atoms with Gasteiger partial charge in [0.25, 0.3) is 0 Å². The van der Waals surface area contributed by atoms with Gasteiger partial charge in [-0.15, -0.1) is 12.4 Å². The van der Waals surface area contributed by atoms with Gasteiger partial charge >= 0.3 is 0 Å². The third kappa shape index (κ3) is 2.98. The van der Waals surface area contributed by atoms with Crippen LogP contribution in [0.5, 0.6) is 11.5 Å². The summed E-state index contributed by atoms with van der Waals surface area (Å²) in [5.41, 5.74) is 2.73. The second kappa shape index (κ2) is 6.12. The quantitative estimate of drug-likeness (QED) is 0.849. The van der Waals surface area contributed by atoms with Crippen molar-refractivity contribution in [3.05, 3.63) is 29.3 Å². The Bertz CT molecular complexity index is 437. The van der Waals surface area contributed by atoms with Gasteiger partial charge in [-0.25, -0.2) is 0 Å². The number of nitrogens with one attached hydrogen (secondary N) is 1. The van der Waals surface area contributed by atoms with Gasteiger partial charge in [-0.2, -0.15) is 0 Å². The fraction of sp³-hybridized carbons (Fsp3) is 0.429. The summed E-state index contributed by atoms with van der Waals surface area (Å²) >= 11 is 0. The van der Waals surface area contributed by atoms with E-state index in [0.29, 0.717) is 13.2 Å². The van der Waals surface area contributed by atoms with Crippen molar-refractivity contribution in [2.24, 2.45) is 0 Å². The van der Waals surface area contributed by atoms with E-state index in [9.17, 15) is 0 Å². The highest BCUT2D eigenvalue weighted by atomic mass is 35.5. The molecule has 0 amide bonds. The molecule has 18 heavy (non-hydrogen) atoms. The molecule has 0 radical (unpaired) electrons. The number of ether oxygens (including phenoxy) is 2. The van der Waals surface area contributed by atoms with Crippen LogP contribution in [0.4, 0.5) is 0 Å². The van der Waals surface area contributed by atoms with Crippen molar-refractivity contribution in [1.82, 2.24) is 5.32 Å². The molecular weight excluding hydrogens is 250 g/mol. The van der Waals surface area contributed by atoms with Crippen molar-refractivity contribution < 1.29 is 9.47 Å². The Balaban J connectivity index is 0.00000120. The lowest BCUT2D eigenvalue weighted by molar-refractivity contribution is 0.171. The van der Waals surface area contributed by atoms with Crippen molar-refractivity contribution in [2.75, 3.05) is 26.3 Å². The highest BCUT2D eigenvalue weighted by Gasteiger charge is 2.11. The van der Waals surface area contributed by atoms with Crippen molar-refractivity contribution in [1.29, 1.82) is 0 Å². The first-order valence-corrected chi connectivity index (χ1v) is 6.22. The minimum atomic E-state index is 0. The van der Waals surface area contributed by atoms with Crippen molar-refractivity contribution in [3.63, 3.8) is 0 Å². The Morgan fingerprint density at radius 3 is 2.50 bits per heavy atom. The summed E-state index contributed by atoms with van der Waals surface area (Å²) in [4.78, 5) is 0. The van der Waals surface area contributed by atoms with Gasteiger partial charge in [-0.1, -0.05) is 17.7 Å². The number of hydrogen-bond donors (Lipinski definition) is 1. The van der Waals surface area contributed by atoms with Crippen molar-refractivity contribution >= 4 is 18.5 Å². The minimum Gasteiger partial charge on any atom is -0.486 e. The van der Waals surface area contributed by atoms with Gasteiger partial charge in [-0.05, 0) is 43.6 Å². The lowest BCUT2D eigenvalue weighted by Crippen LogP contribution is -2.22. The molecule has 1 fully saturated rings. The van der Waals surface area contributed by atoms with Gasteiger partial charge in [0, 0.05) is 0 Å². The van der Waals surface area contributed by atoms with E-state index < -0.39 is 0 Å². The van der Waals surface area contributed by atoms with Crippen LogP contribution in [0.2, 0.25) is 0 Å². The fourth-order valence-corrected chi connectivity index (χ4v) is 2.28. The summed E-state index contributed by atoms with van der Waals surface area (Å²) in [7, 11) is 0. The summed E-state index contributed by atoms with van der Waals surface area (Å²) in [5.74, 6) is 1.74. The van der Waals surface area contributed by atoms with Gasteiger partial charge in [0.2, 0.25) is 0 Å². The summed E-state index contributed by atoms with van der Waals surface area (Å²) in [6.07, 6.45) is 4.57. The molecule has 0 spiro atoms. The number of rotatable bonds is 1. The zero-order chi connectivity index (χ0) is 11.5. The predicted octanol–water partition coefficient (Wildman–Crippen LogP) is 2.65. The molecule has 1 saturated heterocycles. The zero-order valence-electron chi connectivity index (χ0n) is 10.3. The normalized spacial score (nSPS) is 17.9. The molecule has 0 aromatic heterocycles. The molecule has 1 aromatic carbocycles. The van der Waals surface area contributed by atoms with Crippen LogP contribution < -0.4 is 14.8 Å². The van der Waals surface area contributed by atoms with Crippen LogP contribution in [0.25, 0.3) is 6.08 Å². The molecule has 1 aromatic rings. The van der Waals surface area contributed by atoms with E-state index in [0.717, 1.165) is 37.4 Å². The molecule has 98 valence electrons. The lowest BCUT2D eigenvalue weighted by Gasteiger charge is -2.19. The zero-order valence-corrected chi connectivity index (χ0v) is 11.1. The van der Waals surface area contributed by atoms with E-state index in [1.165, 1.54) is 11.1 Å². The molecule has 0 saturated carbocycles. The van der Waals surface area contributed by atoms with Gasteiger partial charge in [0.15, 0.2) is 11.5 Å². The topological polar surface area (TPSA) is 30.5 Å². The highest BCUT2D eigenvalue weighted by molar-refractivity contribution is 5.85. The van der Waals surface area contributed by atoms with E-state index in [1.807, 2.05) is 6.07 Å². The number of benzene rings is 1. The van der Waals surface area contributed by atoms with Crippen LogP contribution in [0.15, 0.2) is 23.8 Å². The Morgan fingerprint density at radius 1 is 1.00 bits per heavy atom. The Morgan fingerprint density at radius 2 is 1.72 bits per heavy atom. The Hall–Kier alpha value is -1.19. The molecule has 0 aliphatic carbocycles. The predicted molar refractivity (Wildman–Crippen MR) is 74.8 cm³/mol. The Kier molecular flexibility index (Phi) is 4.50. The molecule has 2 aliphatic heterocycles. The Labute approximate surface area is 114 Å². The first kappa shape index (κ1) is 13.2. The average molecular weight is 268 g/mol. The van der Waals surface area contributed by atoms with Gasteiger partial charge in [0.05, 0.1) is 0 Å². The number of fused-ring (bicyclic) bond motifs is 1. The minimum absolute atomic E-state index is 0. The molecule has 0 unspecified atom stereocenters. The van der Waals surface area contributed by atoms with Crippen LogP contribution >= 0.6 is 12.4 Å². The van der Waals surface area contributed by atoms with Crippen LogP contribution in [0.3, 0.4) is 0 Å². The van der Waals surface area contributed by atoms with E-state index in [1.54, 1.807) is 0 Å². The largest absolute Gasteiger partial charge is 0.486 e. The highest BCUT2D eigenvalue weighted by Crippen LogP contribution is 2.31. The molecule has 3 nitrogen and oxygen atoms in total. The maximum absolute atomic E-state index is 5.59. The maximum Gasteiger partial charge on any atom is 0.161 e. The fourth-order valence-electron chi connectivity index (χ4n) is 2.28. The number of piperidine rings is 1. The van der Waals surface area contributed by atoms with E-state index in [2.05, 4.69) is 23.5 Å². The monoisotopic (exact) mass is 267 g/mol. The molecule has 0 atom stereocenters. The third-order valence-electron chi connectivity index (χ3n) is 3.18. The van der Waals surface area contributed by atoms with Crippen LogP contribution in [0, 0.1) is 0 Å². The molecule has 1 N–H and O–H groups in total. The molecule has 2 heterocycles. The first-order valence-electron chi connectivity index (χ1n) is 6.22. The van der Waals surface area contributed by atoms with Gasteiger partial charge in [-0.3, -0.25) is 0 Å². The second-order valence-corrected chi connectivity index (χ2v) is 4.46. The first-order chi connectivity index (χ1) is 8.42. The lowest BCUT2D eigenvalue weighted by atomic mass is 10.0. The summed E-state index contributed by atoms with van der Waals surface area (Å²) in [6, 6.07) is 6.17. The van der Waals surface area contributed by atoms with Crippen molar-refractivity contribution in [2.45, 2.75) is 12.8 Å². The maximum atomic E-state index is 5.59. The summed E-state index contributed by atoms with van der Waals surface area (Å²) in [5, 5.41) is 3.36. The summed E-state index contributed by atoms with van der Waals surface area (Å²) in [6.45, 7) is 3.49. The molecule has 3 rings (SSSR count).